The summed E-state index contributed by atoms with van der Waals surface area (Å²) in [5, 5.41) is 8.61. The quantitative estimate of drug-likeness (QED) is 0.622. The average molecular weight is 186 g/mol. The molecule has 13 heavy (non-hydrogen) atoms. The molecule has 0 aromatic carbocycles. The predicted octanol–water partition coefficient (Wildman–Crippen LogP) is 0.761. The summed E-state index contributed by atoms with van der Waals surface area (Å²) in [7, 11) is 1.68. The molecule has 0 aromatic heterocycles. The number of hydrogen-bond acceptors (Lipinski definition) is 3. The minimum absolute atomic E-state index is 0.149. The Hall–Kier alpha value is -0.900. The summed E-state index contributed by atoms with van der Waals surface area (Å²) in [6.45, 7) is 4.06. The van der Waals surface area contributed by atoms with Crippen LogP contribution in [0, 0.1) is 11.8 Å². The lowest BCUT2D eigenvalue weighted by Gasteiger charge is -2.17. The third-order valence-corrected chi connectivity index (χ3v) is 2.04. The Morgan fingerprint density at radius 3 is 2.46 bits per heavy atom. The molecule has 0 aromatic rings. The number of aliphatic imine (C=N–C) groups is 1. The van der Waals surface area contributed by atoms with Crippen molar-refractivity contribution in [3.05, 3.63) is 0 Å². The Kier molecular flexibility index (Phi) is 5.30. The first-order valence-corrected chi connectivity index (χ1v) is 4.39. The number of nitrogens with two attached hydrogens (primary N) is 1. The van der Waals surface area contributed by atoms with Crippen LogP contribution in [-0.2, 0) is 4.79 Å². The summed E-state index contributed by atoms with van der Waals surface area (Å²) in [5.74, 6) is -0.430. The van der Waals surface area contributed by atoms with Crippen LogP contribution in [0.3, 0.4) is 0 Å². The van der Waals surface area contributed by atoms with Gasteiger partial charge in [0.05, 0.1) is 0 Å². The van der Waals surface area contributed by atoms with Crippen molar-refractivity contribution in [1.82, 2.24) is 0 Å². The van der Waals surface area contributed by atoms with E-state index in [0.29, 0.717) is 12.3 Å². The molecule has 0 amide bonds. The summed E-state index contributed by atoms with van der Waals surface area (Å²) < 4.78 is 0. The van der Waals surface area contributed by atoms with E-state index in [2.05, 4.69) is 4.99 Å². The van der Waals surface area contributed by atoms with Gasteiger partial charge in [-0.05, 0) is 18.3 Å². The van der Waals surface area contributed by atoms with Crippen LogP contribution in [0.15, 0.2) is 4.99 Å². The van der Waals surface area contributed by atoms with Gasteiger partial charge in [0.15, 0.2) is 0 Å². The first kappa shape index (κ1) is 12.1. The van der Waals surface area contributed by atoms with Crippen LogP contribution in [0.2, 0.25) is 0 Å². The van der Waals surface area contributed by atoms with Crippen molar-refractivity contribution in [3.63, 3.8) is 0 Å². The smallest absolute Gasteiger partial charge is 0.320 e. The number of hydrogen-bond donors (Lipinski definition) is 2. The van der Waals surface area contributed by atoms with E-state index in [4.69, 9.17) is 10.8 Å². The zero-order valence-corrected chi connectivity index (χ0v) is 8.40. The molecule has 0 rings (SSSR count). The van der Waals surface area contributed by atoms with Crippen LogP contribution >= 0.6 is 0 Å². The van der Waals surface area contributed by atoms with Crippen LogP contribution in [-0.4, -0.2) is 30.4 Å². The second-order valence-corrected chi connectivity index (χ2v) is 3.50. The van der Waals surface area contributed by atoms with Gasteiger partial charge >= 0.3 is 5.97 Å². The molecular weight excluding hydrogens is 168 g/mol. The molecule has 0 heterocycles. The molecule has 0 radical (unpaired) electrons. The molecule has 0 saturated carbocycles. The third kappa shape index (κ3) is 4.62. The fourth-order valence-corrected chi connectivity index (χ4v) is 1.09. The fourth-order valence-electron chi connectivity index (χ4n) is 1.09. The van der Waals surface area contributed by atoms with Crippen molar-refractivity contribution >= 4 is 12.2 Å². The molecule has 2 unspecified atom stereocenters. The fraction of sp³-hybridized carbons (Fsp3) is 0.778. The van der Waals surface area contributed by atoms with E-state index in [1.165, 1.54) is 0 Å². The van der Waals surface area contributed by atoms with Crippen molar-refractivity contribution in [1.29, 1.82) is 0 Å². The molecule has 0 aliphatic carbocycles. The average Bonchev–Trinajstić information content (AvgIpc) is 2.03. The molecule has 2 atom stereocenters. The zero-order chi connectivity index (χ0) is 10.4. The van der Waals surface area contributed by atoms with Gasteiger partial charge < -0.3 is 15.8 Å². The van der Waals surface area contributed by atoms with Crippen molar-refractivity contribution in [2.24, 2.45) is 22.6 Å². The van der Waals surface area contributed by atoms with Crippen LogP contribution in [0.4, 0.5) is 0 Å². The number of carbonyl (C=O) groups is 1. The number of aliphatic carboxylic acids is 1. The second-order valence-electron chi connectivity index (χ2n) is 3.50. The monoisotopic (exact) mass is 186 g/mol. The molecule has 0 spiro atoms. The largest absolute Gasteiger partial charge is 0.480 e. The number of carboxylic acid groups (broad SMARTS) is 1. The van der Waals surface area contributed by atoms with Gasteiger partial charge in [0.2, 0.25) is 0 Å². The van der Waals surface area contributed by atoms with Gasteiger partial charge in [-0.15, -0.1) is 0 Å². The standard InChI is InChI=1S/C9H18N2O2/c1-6(2)7(5-11-3)4-8(10)9(12)13/h5-8H,4,10H2,1-3H3,(H,12,13). The first-order chi connectivity index (χ1) is 5.99. The van der Waals surface area contributed by atoms with E-state index in [-0.39, 0.29) is 5.92 Å². The first-order valence-electron chi connectivity index (χ1n) is 4.39. The van der Waals surface area contributed by atoms with Crippen LogP contribution in [0.25, 0.3) is 0 Å². The van der Waals surface area contributed by atoms with Crippen molar-refractivity contribution < 1.29 is 9.90 Å². The lowest BCUT2D eigenvalue weighted by atomic mass is 9.90. The molecular formula is C9H18N2O2. The molecule has 0 bridgehead atoms. The predicted molar refractivity (Wildman–Crippen MR) is 53.0 cm³/mol. The van der Waals surface area contributed by atoms with Crippen LogP contribution < -0.4 is 5.73 Å². The summed E-state index contributed by atoms with van der Waals surface area (Å²) in [6, 6.07) is -0.787. The summed E-state index contributed by atoms with van der Waals surface area (Å²) in [4.78, 5) is 14.4. The van der Waals surface area contributed by atoms with Gasteiger partial charge in [-0.25, -0.2) is 0 Å². The van der Waals surface area contributed by atoms with Gasteiger partial charge in [-0.1, -0.05) is 13.8 Å². The van der Waals surface area contributed by atoms with Crippen LogP contribution in [0.5, 0.6) is 0 Å². The molecule has 4 nitrogen and oxygen atoms in total. The van der Waals surface area contributed by atoms with E-state index >= 15 is 0 Å². The Balaban J connectivity index is 4.17. The number of nitrogens with zero attached hydrogens (tertiary/aromatic N) is 1. The summed E-state index contributed by atoms with van der Waals surface area (Å²) in [5.41, 5.74) is 5.42. The van der Waals surface area contributed by atoms with E-state index in [1.54, 1.807) is 13.3 Å². The van der Waals surface area contributed by atoms with Gasteiger partial charge in [0, 0.05) is 13.3 Å². The van der Waals surface area contributed by atoms with E-state index in [0.717, 1.165) is 0 Å². The van der Waals surface area contributed by atoms with Gasteiger partial charge in [-0.2, -0.15) is 0 Å². The SMILES string of the molecule is CN=CC(CC(N)C(=O)O)C(C)C. The maximum absolute atomic E-state index is 10.5. The highest BCUT2D eigenvalue weighted by atomic mass is 16.4. The maximum Gasteiger partial charge on any atom is 0.320 e. The maximum atomic E-state index is 10.5. The molecule has 0 saturated heterocycles. The highest BCUT2D eigenvalue weighted by molar-refractivity contribution is 5.74. The number of carboxylic acids is 1. The lowest BCUT2D eigenvalue weighted by molar-refractivity contribution is -0.138. The highest BCUT2D eigenvalue weighted by Crippen LogP contribution is 2.14. The molecule has 0 aliphatic heterocycles. The van der Waals surface area contributed by atoms with Gasteiger partial charge in [0.1, 0.15) is 6.04 Å². The van der Waals surface area contributed by atoms with E-state index in [9.17, 15) is 4.79 Å². The Morgan fingerprint density at radius 1 is 1.62 bits per heavy atom. The van der Waals surface area contributed by atoms with E-state index in [1.807, 2.05) is 13.8 Å². The molecule has 0 fully saturated rings. The molecule has 0 aliphatic rings. The summed E-state index contributed by atoms with van der Waals surface area (Å²) >= 11 is 0. The van der Waals surface area contributed by atoms with Crippen molar-refractivity contribution in [2.45, 2.75) is 26.3 Å². The van der Waals surface area contributed by atoms with Crippen molar-refractivity contribution in [2.75, 3.05) is 7.05 Å². The summed E-state index contributed by atoms with van der Waals surface area (Å²) in [6.07, 6.45) is 2.22. The van der Waals surface area contributed by atoms with Gasteiger partial charge in [0.25, 0.3) is 0 Å². The minimum atomic E-state index is -0.949. The number of rotatable bonds is 5. The molecule has 3 N–H and O–H groups in total. The highest BCUT2D eigenvalue weighted by Gasteiger charge is 2.19. The van der Waals surface area contributed by atoms with Gasteiger partial charge in [-0.3, -0.25) is 4.79 Å². The Morgan fingerprint density at radius 2 is 2.15 bits per heavy atom. The zero-order valence-electron chi connectivity index (χ0n) is 8.40. The van der Waals surface area contributed by atoms with E-state index < -0.39 is 12.0 Å². The Bertz CT molecular complexity index is 190. The van der Waals surface area contributed by atoms with Crippen molar-refractivity contribution in [3.8, 4) is 0 Å². The normalized spacial score (nSPS) is 16.4. The topological polar surface area (TPSA) is 75.7 Å². The lowest BCUT2D eigenvalue weighted by Crippen LogP contribution is -2.34. The molecule has 76 valence electrons. The van der Waals surface area contributed by atoms with Crippen LogP contribution in [0.1, 0.15) is 20.3 Å². The third-order valence-electron chi connectivity index (χ3n) is 2.04. The second kappa shape index (κ2) is 5.70. The Labute approximate surface area is 78.8 Å². The molecule has 4 heteroatoms. The minimum Gasteiger partial charge on any atom is -0.480 e.